The summed E-state index contributed by atoms with van der Waals surface area (Å²) in [6, 6.07) is 0. The van der Waals surface area contributed by atoms with Gasteiger partial charge in [-0.15, -0.1) is 0 Å². The average Bonchev–Trinajstić information content (AvgIpc) is 2.50. The summed E-state index contributed by atoms with van der Waals surface area (Å²) in [6.07, 6.45) is 1.36. The number of methoxy groups -OCH3 is 1. The molecule has 0 aromatic carbocycles. The Kier molecular flexibility index (Phi) is 2.63. The number of hydrogen-bond donors (Lipinski definition) is 1. The van der Waals surface area contributed by atoms with Crippen LogP contribution in [-0.2, 0) is 19.4 Å². The number of sulfone groups is 1. The van der Waals surface area contributed by atoms with Crippen LogP contribution in [0.1, 0.15) is 6.42 Å². The first-order valence-electron chi connectivity index (χ1n) is 3.93. The van der Waals surface area contributed by atoms with E-state index in [1.54, 1.807) is 0 Å². The highest BCUT2D eigenvalue weighted by atomic mass is 32.2. The predicted octanol–water partition coefficient (Wildman–Crippen LogP) is -1.06. The molecule has 76 valence electrons. The van der Waals surface area contributed by atoms with Crippen molar-refractivity contribution in [1.29, 1.82) is 0 Å². The molecule has 5 nitrogen and oxygen atoms in total. The molecule has 0 radical (unpaired) electrons. The van der Waals surface area contributed by atoms with Gasteiger partial charge in [-0.25, -0.2) is 8.42 Å². The molecule has 1 saturated heterocycles. The number of carbonyl (C=O) groups excluding carboxylic acids is 1. The molecule has 13 heavy (non-hydrogen) atoms. The summed E-state index contributed by atoms with van der Waals surface area (Å²) in [5.74, 6) is -0.667. The van der Waals surface area contributed by atoms with Crippen LogP contribution in [0.2, 0.25) is 0 Å². The van der Waals surface area contributed by atoms with Gasteiger partial charge in [0.05, 0.1) is 7.11 Å². The Morgan fingerprint density at radius 2 is 2.15 bits per heavy atom. The fourth-order valence-corrected chi connectivity index (χ4v) is 2.72. The van der Waals surface area contributed by atoms with Crippen molar-refractivity contribution in [3.63, 3.8) is 0 Å². The number of esters is 1. The van der Waals surface area contributed by atoms with Gasteiger partial charge in [0, 0.05) is 12.8 Å². The molecule has 0 saturated carbocycles. The quantitative estimate of drug-likeness (QED) is 0.584. The molecule has 0 bridgehead atoms. The van der Waals surface area contributed by atoms with Crippen LogP contribution < -0.4 is 5.32 Å². The third-order valence-corrected chi connectivity index (χ3v) is 4.32. The number of rotatable bonds is 2. The van der Waals surface area contributed by atoms with E-state index in [1.165, 1.54) is 7.11 Å². The second-order valence-corrected chi connectivity index (χ2v) is 5.51. The van der Waals surface area contributed by atoms with Crippen molar-refractivity contribution in [3.8, 4) is 0 Å². The van der Waals surface area contributed by atoms with E-state index < -0.39 is 20.6 Å². The molecule has 1 unspecified atom stereocenters. The van der Waals surface area contributed by atoms with Crippen molar-refractivity contribution in [3.05, 3.63) is 0 Å². The zero-order valence-electron chi connectivity index (χ0n) is 7.66. The monoisotopic (exact) mass is 207 g/mol. The van der Waals surface area contributed by atoms with Gasteiger partial charge in [0.15, 0.2) is 14.6 Å². The first kappa shape index (κ1) is 10.5. The van der Waals surface area contributed by atoms with Crippen LogP contribution in [0.25, 0.3) is 0 Å². The lowest BCUT2D eigenvalue weighted by Crippen LogP contribution is -2.48. The zero-order chi connectivity index (χ0) is 10.1. The largest absolute Gasteiger partial charge is 0.468 e. The maximum atomic E-state index is 11.4. The molecule has 1 aliphatic rings. The molecule has 0 spiro atoms. The van der Waals surface area contributed by atoms with E-state index in [4.69, 9.17) is 0 Å². The minimum Gasteiger partial charge on any atom is -0.468 e. The van der Waals surface area contributed by atoms with Crippen LogP contribution >= 0.6 is 0 Å². The van der Waals surface area contributed by atoms with Gasteiger partial charge in [-0.05, 0) is 13.0 Å². The summed E-state index contributed by atoms with van der Waals surface area (Å²) in [7, 11) is -2.21. The van der Waals surface area contributed by atoms with Gasteiger partial charge in [0.2, 0.25) is 0 Å². The number of carbonyl (C=O) groups is 1. The van der Waals surface area contributed by atoms with E-state index in [1.807, 2.05) is 0 Å². The third-order valence-electron chi connectivity index (χ3n) is 2.38. The van der Waals surface area contributed by atoms with E-state index >= 15 is 0 Å². The van der Waals surface area contributed by atoms with Crippen LogP contribution in [0.3, 0.4) is 0 Å². The maximum Gasteiger partial charge on any atom is 0.328 e. The summed E-state index contributed by atoms with van der Waals surface area (Å²) >= 11 is 0. The smallest absolute Gasteiger partial charge is 0.328 e. The van der Waals surface area contributed by atoms with Crippen molar-refractivity contribution in [2.75, 3.05) is 26.5 Å². The van der Waals surface area contributed by atoms with Crippen LogP contribution in [0.15, 0.2) is 0 Å². The second-order valence-electron chi connectivity index (χ2n) is 3.18. The first-order valence-corrected chi connectivity index (χ1v) is 5.82. The van der Waals surface area contributed by atoms with Crippen LogP contribution in [0, 0.1) is 0 Å². The Bertz CT molecular complexity index is 302. The first-order chi connectivity index (χ1) is 5.94. The van der Waals surface area contributed by atoms with Crippen molar-refractivity contribution in [2.24, 2.45) is 0 Å². The molecule has 1 fully saturated rings. The zero-order valence-corrected chi connectivity index (χ0v) is 8.48. The Morgan fingerprint density at radius 3 is 2.46 bits per heavy atom. The number of hydrogen-bond acceptors (Lipinski definition) is 5. The topological polar surface area (TPSA) is 72.5 Å². The standard InChI is InChI=1S/C7H13NO4S/c1-12-6(9)7(13(2,10)11)3-4-8-5-7/h8H,3-5H2,1-2H3. The van der Waals surface area contributed by atoms with Crippen molar-refractivity contribution < 1.29 is 17.9 Å². The summed E-state index contributed by atoms with van der Waals surface area (Å²) in [5, 5.41) is 2.85. The minimum atomic E-state index is -3.41. The van der Waals surface area contributed by atoms with Gasteiger partial charge in [0.1, 0.15) is 0 Å². The summed E-state index contributed by atoms with van der Waals surface area (Å²) in [5.41, 5.74) is 0. The molecule has 1 N–H and O–H groups in total. The van der Waals surface area contributed by atoms with Crippen molar-refractivity contribution >= 4 is 15.8 Å². The van der Waals surface area contributed by atoms with E-state index in [-0.39, 0.29) is 6.54 Å². The lowest BCUT2D eigenvalue weighted by molar-refractivity contribution is -0.143. The van der Waals surface area contributed by atoms with E-state index in [0.29, 0.717) is 13.0 Å². The Balaban J connectivity index is 3.09. The SMILES string of the molecule is COC(=O)C1(S(C)(=O)=O)CCNC1. The molecule has 1 rings (SSSR count). The van der Waals surface area contributed by atoms with E-state index in [0.717, 1.165) is 6.26 Å². The molecule has 0 aliphatic carbocycles. The molecule has 1 atom stereocenters. The van der Waals surface area contributed by atoms with Gasteiger partial charge in [0.25, 0.3) is 0 Å². The molecular formula is C7H13NO4S. The average molecular weight is 207 g/mol. The molecule has 1 aliphatic heterocycles. The highest BCUT2D eigenvalue weighted by Crippen LogP contribution is 2.25. The minimum absolute atomic E-state index is 0.151. The summed E-state index contributed by atoms with van der Waals surface area (Å²) in [6.45, 7) is 0.681. The van der Waals surface area contributed by atoms with Crippen molar-refractivity contribution in [1.82, 2.24) is 5.32 Å². The van der Waals surface area contributed by atoms with Crippen LogP contribution in [0.5, 0.6) is 0 Å². The molecular weight excluding hydrogens is 194 g/mol. The van der Waals surface area contributed by atoms with Crippen molar-refractivity contribution in [2.45, 2.75) is 11.2 Å². The van der Waals surface area contributed by atoms with Crippen LogP contribution in [-0.4, -0.2) is 45.6 Å². The van der Waals surface area contributed by atoms with Crippen LogP contribution in [0.4, 0.5) is 0 Å². The normalized spacial score (nSPS) is 28.8. The van der Waals surface area contributed by atoms with E-state index in [9.17, 15) is 13.2 Å². The molecule has 0 amide bonds. The van der Waals surface area contributed by atoms with Gasteiger partial charge in [-0.3, -0.25) is 4.79 Å². The summed E-state index contributed by atoms with van der Waals surface area (Å²) < 4.78 is 26.0. The Labute approximate surface area is 77.4 Å². The predicted molar refractivity (Wildman–Crippen MR) is 47.1 cm³/mol. The van der Waals surface area contributed by atoms with Gasteiger partial charge in [-0.2, -0.15) is 0 Å². The maximum absolute atomic E-state index is 11.4. The second kappa shape index (κ2) is 3.26. The number of nitrogens with one attached hydrogen (secondary N) is 1. The third kappa shape index (κ3) is 1.55. The van der Waals surface area contributed by atoms with Gasteiger partial charge in [-0.1, -0.05) is 0 Å². The lowest BCUT2D eigenvalue weighted by Gasteiger charge is -2.22. The highest BCUT2D eigenvalue weighted by Gasteiger charge is 2.51. The molecule has 0 aromatic heterocycles. The highest BCUT2D eigenvalue weighted by molar-refractivity contribution is 7.92. The molecule has 0 aromatic rings. The number of ether oxygens (including phenoxy) is 1. The van der Waals surface area contributed by atoms with Gasteiger partial charge < -0.3 is 10.1 Å². The van der Waals surface area contributed by atoms with Gasteiger partial charge >= 0.3 is 5.97 Å². The lowest BCUT2D eigenvalue weighted by atomic mass is 10.1. The molecule has 6 heteroatoms. The fraction of sp³-hybridized carbons (Fsp3) is 0.857. The fourth-order valence-electron chi connectivity index (χ4n) is 1.50. The van der Waals surface area contributed by atoms with E-state index in [2.05, 4.69) is 10.1 Å². The summed E-state index contributed by atoms with van der Waals surface area (Å²) in [4.78, 5) is 11.3. The Morgan fingerprint density at radius 1 is 1.54 bits per heavy atom. The molecule has 1 heterocycles. The Hall–Kier alpha value is -0.620.